The van der Waals surface area contributed by atoms with Crippen LogP contribution in [-0.2, 0) is 25.9 Å². The van der Waals surface area contributed by atoms with E-state index in [1.54, 1.807) is 55.9 Å². The lowest BCUT2D eigenvalue weighted by Gasteiger charge is -2.12. The van der Waals surface area contributed by atoms with E-state index in [1.165, 1.54) is 18.2 Å². The first-order chi connectivity index (χ1) is 36.9. The van der Waals surface area contributed by atoms with Gasteiger partial charge in [-0.25, -0.2) is 19.3 Å². The van der Waals surface area contributed by atoms with Crippen molar-refractivity contribution in [3.63, 3.8) is 0 Å². The molecule has 0 saturated carbocycles. The number of phenolic OH excluding ortho intramolecular Hbond substituents is 2. The Balaban J connectivity index is 0.000000162. The summed E-state index contributed by atoms with van der Waals surface area (Å²) in [5.41, 5.74) is 18.1. The van der Waals surface area contributed by atoms with E-state index in [9.17, 15) is 14.7 Å². The molecule has 384 valence electrons. The summed E-state index contributed by atoms with van der Waals surface area (Å²) in [6.45, 7) is 9.12. The molecule has 6 N–H and O–H groups in total. The van der Waals surface area contributed by atoms with Crippen molar-refractivity contribution >= 4 is 28.7 Å². The zero-order chi connectivity index (χ0) is 53.3. The van der Waals surface area contributed by atoms with Gasteiger partial charge in [0.2, 0.25) is 11.4 Å². The van der Waals surface area contributed by atoms with Crippen molar-refractivity contribution in [3.8, 4) is 63.0 Å². The molecule has 0 bridgehead atoms. The number of nitrogens with two attached hydrogens (primary N) is 1. The first-order valence-corrected chi connectivity index (χ1v) is 24.5. The standard InChI is InChI=1S/C29H25N5O3.C23H25N5O2.C7H6O2/c1-3-21-14-26(27-11-7-18(2)37-27)34(32-21)22-9-10-25-24(15-22)31-29(20-5-4-6-23(35)13-20)33(25)17-19-8-12-28(36)30-16-19;1-4-17-11-21(22-9-5-15(2)30-22)28(27-17)18-7-8-20(19(24)12-18)25-13-16-6-10-23(29-3)26-14-16;8-5-6-2-1-3-7(9)4-6/h4-16,35H,3,17H2,1-2H3,(H,30,36);5-12,14,25H,4,13,24H2,1-3H3;1-5,9H. The number of nitrogen functional groups attached to an aromatic ring is 1. The number of phenols is 2. The number of imidazole rings is 1. The molecule has 76 heavy (non-hydrogen) atoms. The van der Waals surface area contributed by atoms with Crippen molar-refractivity contribution < 1.29 is 28.6 Å². The topological polar surface area (TPSA) is 230 Å². The molecule has 11 rings (SSSR count). The Morgan fingerprint density at radius 2 is 1.37 bits per heavy atom. The number of hydrogen-bond donors (Lipinski definition) is 5. The third-order valence-electron chi connectivity index (χ3n) is 12.3. The maximum Gasteiger partial charge on any atom is 0.247 e. The number of ether oxygens (including phenoxy) is 1. The summed E-state index contributed by atoms with van der Waals surface area (Å²) < 4.78 is 22.7. The molecule has 7 aromatic heterocycles. The summed E-state index contributed by atoms with van der Waals surface area (Å²) >= 11 is 0. The Kier molecular flexibility index (Phi) is 15.4. The van der Waals surface area contributed by atoms with Crippen molar-refractivity contribution in [2.24, 2.45) is 0 Å². The molecule has 0 aliphatic rings. The van der Waals surface area contributed by atoms with Crippen molar-refractivity contribution in [1.82, 2.24) is 39.1 Å². The molecule has 0 radical (unpaired) electrons. The lowest BCUT2D eigenvalue weighted by atomic mass is 10.2. The van der Waals surface area contributed by atoms with E-state index in [1.807, 2.05) is 102 Å². The Hall–Kier alpha value is -9.90. The first-order valence-electron chi connectivity index (χ1n) is 24.5. The van der Waals surface area contributed by atoms with E-state index in [4.69, 9.17) is 39.6 Å². The number of aromatic hydroxyl groups is 2. The van der Waals surface area contributed by atoms with Crippen molar-refractivity contribution in [2.45, 2.75) is 53.6 Å². The van der Waals surface area contributed by atoms with E-state index in [2.05, 4.69) is 45.8 Å². The molecule has 0 fully saturated rings. The van der Waals surface area contributed by atoms with Crippen LogP contribution in [0, 0.1) is 13.8 Å². The second-order valence-corrected chi connectivity index (χ2v) is 17.7. The van der Waals surface area contributed by atoms with Gasteiger partial charge in [-0.2, -0.15) is 10.2 Å². The van der Waals surface area contributed by atoms with Gasteiger partial charge in [-0.05, 0) is 135 Å². The second kappa shape index (κ2) is 22.9. The van der Waals surface area contributed by atoms with Crippen LogP contribution in [0.5, 0.6) is 17.4 Å². The zero-order valence-corrected chi connectivity index (χ0v) is 42.6. The van der Waals surface area contributed by atoms with Crippen LogP contribution in [0.4, 0.5) is 11.4 Å². The highest BCUT2D eigenvalue weighted by Crippen LogP contribution is 2.33. The molecule has 0 saturated heterocycles. The maximum absolute atomic E-state index is 11.6. The number of aromatic nitrogens is 8. The lowest BCUT2D eigenvalue weighted by Crippen LogP contribution is -2.07. The van der Waals surface area contributed by atoms with Gasteiger partial charge in [0.25, 0.3) is 0 Å². The Bertz CT molecular complexity index is 3820. The van der Waals surface area contributed by atoms with Crippen molar-refractivity contribution in [2.75, 3.05) is 18.2 Å². The molecule has 0 aliphatic carbocycles. The van der Waals surface area contributed by atoms with Crippen LogP contribution in [0.3, 0.4) is 0 Å². The SMILES string of the molecule is CCc1cc(-c2ccc(C)o2)n(-c2ccc(NCc3ccc(OC)nc3)c(N)c2)n1.CCc1cc(-c2ccc(C)o2)n(-c2ccc3c(c2)nc(-c2cccc(O)c2)n3Cc2ccc(=O)[nH]c2)n1.O=Cc1cccc(O)c1. The van der Waals surface area contributed by atoms with E-state index >= 15 is 0 Å². The van der Waals surface area contributed by atoms with Gasteiger partial charge >= 0.3 is 0 Å². The molecular formula is C59H56N10O7. The maximum atomic E-state index is 11.6. The van der Waals surface area contributed by atoms with Gasteiger partial charge in [0.1, 0.15) is 46.5 Å². The number of methoxy groups -OCH3 is 1. The average molecular weight is 1020 g/mol. The van der Waals surface area contributed by atoms with Gasteiger partial charge in [-0.3, -0.25) is 9.59 Å². The van der Waals surface area contributed by atoms with Gasteiger partial charge < -0.3 is 44.4 Å². The highest BCUT2D eigenvalue weighted by atomic mass is 16.5. The minimum absolute atomic E-state index is 0.125. The molecule has 0 unspecified atom stereocenters. The van der Waals surface area contributed by atoms with Crippen LogP contribution in [0.15, 0.2) is 172 Å². The number of nitrogens with zero attached hydrogens (tertiary/aromatic N) is 7. The Morgan fingerprint density at radius 3 is 1.91 bits per heavy atom. The van der Waals surface area contributed by atoms with Gasteiger partial charge in [-0.15, -0.1) is 0 Å². The average Bonchev–Trinajstić information content (AvgIpc) is 4.31. The number of aromatic amines is 1. The third-order valence-corrected chi connectivity index (χ3v) is 12.3. The number of furan rings is 2. The predicted octanol–water partition coefficient (Wildman–Crippen LogP) is 11.3. The van der Waals surface area contributed by atoms with Crippen LogP contribution in [0.2, 0.25) is 0 Å². The summed E-state index contributed by atoms with van der Waals surface area (Å²) in [6.07, 6.45) is 5.83. The molecular weight excluding hydrogens is 961 g/mol. The molecule has 17 nitrogen and oxygen atoms in total. The number of carbonyl (C=O) groups is 1. The molecule has 17 heteroatoms. The van der Waals surface area contributed by atoms with Crippen LogP contribution in [0.1, 0.15) is 58.2 Å². The fraction of sp³-hybridized carbons (Fsp3) is 0.153. The van der Waals surface area contributed by atoms with Crippen molar-refractivity contribution in [1.29, 1.82) is 0 Å². The van der Waals surface area contributed by atoms with E-state index in [0.717, 1.165) is 103 Å². The van der Waals surface area contributed by atoms with Gasteiger partial charge in [0.15, 0.2) is 11.5 Å². The molecule has 0 aliphatic heterocycles. The number of rotatable bonds is 14. The Morgan fingerprint density at radius 1 is 0.724 bits per heavy atom. The monoisotopic (exact) mass is 1020 g/mol. The summed E-state index contributed by atoms with van der Waals surface area (Å²) in [5, 5.41) is 31.8. The molecule has 0 amide bonds. The summed E-state index contributed by atoms with van der Waals surface area (Å²) in [4.78, 5) is 33.6. The number of hydrogen-bond acceptors (Lipinski definition) is 13. The summed E-state index contributed by atoms with van der Waals surface area (Å²) in [6, 6.07) is 44.2. The highest BCUT2D eigenvalue weighted by Gasteiger charge is 2.19. The highest BCUT2D eigenvalue weighted by molar-refractivity contribution is 5.83. The second-order valence-electron chi connectivity index (χ2n) is 17.7. The van der Waals surface area contributed by atoms with Gasteiger partial charge in [0, 0.05) is 42.2 Å². The van der Waals surface area contributed by atoms with Gasteiger partial charge in [-0.1, -0.05) is 50.2 Å². The first kappa shape index (κ1) is 51.0. The van der Waals surface area contributed by atoms with Crippen LogP contribution in [0.25, 0.3) is 56.7 Å². The fourth-order valence-corrected chi connectivity index (χ4v) is 8.37. The number of benzene rings is 4. The smallest absolute Gasteiger partial charge is 0.247 e. The number of nitrogens with one attached hydrogen (secondary N) is 2. The number of anilines is 2. The zero-order valence-electron chi connectivity index (χ0n) is 42.6. The number of H-pyrrole nitrogens is 1. The number of fused-ring (bicyclic) bond motifs is 1. The normalized spacial score (nSPS) is 10.9. The minimum Gasteiger partial charge on any atom is -0.508 e. The molecule has 11 aromatic rings. The Labute approximate surface area is 437 Å². The van der Waals surface area contributed by atoms with Crippen molar-refractivity contribution in [3.05, 3.63) is 208 Å². The quantitative estimate of drug-likeness (QED) is 0.0505. The number of aldehydes is 1. The van der Waals surface area contributed by atoms with E-state index < -0.39 is 0 Å². The summed E-state index contributed by atoms with van der Waals surface area (Å²) in [7, 11) is 1.60. The number of pyridine rings is 2. The van der Waals surface area contributed by atoms with Crippen LogP contribution >= 0.6 is 0 Å². The molecule has 0 atom stereocenters. The van der Waals surface area contributed by atoms with E-state index in [-0.39, 0.29) is 17.1 Å². The lowest BCUT2D eigenvalue weighted by molar-refractivity contribution is 0.112. The predicted molar refractivity (Wildman–Crippen MR) is 293 cm³/mol. The molecule has 7 heterocycles. The molecule has 4 aromatic carbocycles. The van der Waals surface area contributed by atoms with Crippen LogP contribution in [-0.4, -0.2) is 62.7 Å². The fourth-order valence-electron chi connectivity index (χ4n) is 8.37. The third kappa shape index (κ3) is 11.8. The number of aryl methyl sites for hydroxylation is 4. The molecule has 0 spiro atoms. The van der Waals surface area contributed by atoms with Gasteiger partial charge in [0.05, 0.1) is 58.8 Å². The van der Waals surface area contributed by atoms with Crippen LogP contribution < -0.4 is 21.3 Å². The minimum atomic E-state index is -0.148. The number of carbonyl (C=O) groups excluding carboxylic acids is 1. The largest absolute Gasteiger partial charge is 0.508 e. The van der Waals surface area contributed by atoms with E-state index in [0.29, 0.717) is 42.3 Å². The summed E-state index contributed by atoms with van der Waals surface area (Å²) in [5.74, 6) is 4.85.